The molecule has 1 saturated carbocycles. The minimum absolute atomic E-state index is 0. The van der Waals surface area contributed by atoms with Gasteiger partial charge < -0.3 is 20.4 Å². The van der Waals surface area contributed by atoms with Gasteiger partial charge in [-0.3, -0.25) is 9.79 Å². The molecule has 0 aromatic carbocycles. The van der Waals surface area contributed by atoms with E-state index >= 15 is 0 Å². The Hall–Kier alpha value is -1.25. The van der Waals surface area contributed by atoms with Crippen LogP contribution in [0.2, 0.25) is 0 Å². The number of hydrogen-bond acceptors (Lipinski definition) is 3. The molecule has 1 aliphatic carbocycles. The summed E-state index contributed by atoms with van der Waals surface area (Å²) in [6.07, 6.45) is 9.09. The van der Waals surface area contributed by atoms with Crippen LogP contribution in [-0.4, -0.2) is 38.5 Å². The van der Waals surface area contributed by atoms with E-state index in [-0.39, 0.29) is 29.9 Å². The van der Waals surface area contributed by atoms with Gasteiger partial charge in [0, 0.05) is 26.6 Å². The number of carbonyl (C=O) groups excluding carboxylic acids is 1. The molecular weight excluding hydrogens is 455 g/mol. The Morgan fingerprint density at radius 3 is 2.63 bits per heavy atom. The van der Waals surface area contributed by atoms with Crippen molar-refractivity contribution in [1.29, 1.82) is 0 Å². The summed E-state index contributed by atoms with van der Waals surface area (Å²) in [5.74, 6) is 2.45. The summed E-state index contributed by atoms with van der Waals surface area (Å²) in [5, 5.41) is 9.56. The molecule has 0 unspecified atom stereocenters. The molecule has 154 valence electrons. The number of carbonyl (C=O) groups is 1. The quantitative estimate of drug-likeness (QED) is 0.297. The summed E-state index contributed by atoms with van der Waals surface area (Å²) in [4.78, 5) is 16.7. The molecule has 0 spiro atoms. The van der Waals surface area contributed by atoms with Crippen molar-refractivity contribution in [2.75, 3.05) is 26.7 Å². The third kappa shape index (κ3) is 8.53. The lowest BCUT2D eigenvalue weighted by atomic mass is 9.89. The molecule has 1 amide bonds. The van der Waals surface area contributed by atoms with Crippen molar-refractivity contribution in [1.82, 2.24) is 16.0 Å². The normalized spacial score (nSPS) is 15.7. The number of amides is 1. The van der Waals surface area contributed by atoms with E-state index in [9.17, 15) is 4.79 Å². The van der Waals surface area contributed by atoms with Crippen molar-refractivity contribution in [3.05, 3.63) is 24.2 Å². The van der Waals surface area contributed by atoms with Gasteiger partial charge in [-0.1, -0.05) is 19.3 Å². The molecule has 0 bridgehead atoms. The first-order chi connectivity index (χ1) is 12.5. The SMILES string of the molecule is CNC(=O)C(C)(C)CN=C(NCCc1ccco1)NCC1CCCCC1.I. The lowest BCUT2D eigenvalue weighted by molar-refractivity contribution is -0.128. The molecule has 27 heavy (non-hydrogen) atoms. The number of rotatable bonds is 8. The zero-order chi connectivity index (χ0) is 18.8. The Bertz CT molecular complexity index is 567. The summed E-state index contributed by atoms with van der Waals surface area (Å²) in [6.45, 7) is 5.94. The Labute approximate surface area is 180 Å². The molecule has 0 saturated heterocycles. The zero-order valence-electron chi connectivity index (χ0n) is 16.8. The summed E-state index contributed by atoms with van der Waals surface area (Å²) < 4.78 is 5.38. The van der Waals surface area contributed by atoms with Crippen LogP contribution < -0.4 is 16.0 Å². The zero-order valence-corrected chi connectivity index (χ0v) is 19.2. The second-order valence-electron chi connectivity index (χ2n) is 7.77. The Balaban J connectivity index is 0.00000364. The van der Waals surface area contributed by atoms with Crippen molar-refractivity contribution >= 4 is 35.8 Å². The van der Waals surface area contributed by atoms with Gasteiger partial charge >= 0.3 is 0 Å². The summed E-state index contributed by atoms with van der Waals surface area (Å²) in [7, 11) is 1.66. The van der Waals surface area contributed by atoms with Crippen LogP contribution in [0.15, 0.2) is 27.8 Å². The van der Waals surface area contributed by atoms with E-state index in [1.165, 1.54) is 32.1 Å². The van der Waals surface area contributed by atoms with Gasteiger partial charge in [-0.05, 0) is 44.7 Å². The third-order valence-electron chi connectivity index (χ3n) is 5.00. The first-order valence-corrected chi connectivity index (χ1v) is 9.78. The van der Waals surface area contributed by atoms with Crippen molar-refractivity contribution in [3.8, 4) is 0 Å². The predicted molar refractivity (Wildman–Crippen MR) is 121 cm³/mol. The van der Waals surface area contributed by atoms with Crippen LogP contribution >= 0.6 is 24.0 Å². The highest BCUT2D eigenvalue weighted by Gasteiger charge is 2.26. The number of furan rings is 1. The fraction of sp³-hybridized carbons (Fsp3) is 0.700. The van der Waals surface area contributed by atoms with Crippen molar-refractivity contribution < 1.29 is 9.21 Å². The Kier molecular flexibility index (Phi) is 10.8. The largest absolute Gasteiger partial charge is 0.469 e. The molecule has 2 rings (SSSR count). The third-order valence-corrected chi connectivity index (χ3v) is 5.00. The van der Waals surface area contributed by atoms with Gasteiger partial charge in [-0.15, -0.1) is 24.0 Å². The Morgan fingerprint density at radius 2 is 2.00 bits per heavy atom. The van der Waals surface area contributed by atoms with E-state index in [4.69, 9.17) is 4.42 Å². The topological polar surface area (TPSA) is 78.7 Å². The smallest absolute Gasteiger partial charge is 0.227 e. The lowest BCUT2D eigenvalue weighted by Gasteiger charge is -2.24. The second-order valence-corrected chi connectivity index (χ2v) is 7.77. The summed E-state index contributed by atoms with van der Waals surface area (Å²) in [5.41, 5.74) is -0.533. The Morgan fingerprint density at radius 1 is 1.26 bits per heavy atom. The molecular formula is C20H35IN4O2. The standard InChI is InChI=1S/C20H34N4O2.HI/c1-20(2,18(25)21-3)15-24-19(22-12-11-17-10-7-13-26-17)23-14-16-8-5-4-6-9-16;/h7,10,13,16H,4-6,8-9,11-12,14-15H2,1-3H3,(H,21,25)(H2,22,23,24);1H. The highest BCUT2D eigenvalue weighted by atomic mass is 127. The highest BCUT2D eigenvalue weighted by Crippen LogP contribution is 2.22. The first-order valence-electron chi connectivity index (χ1n) is 9.78. The van der Waals surface area contributed by atoms with Crippen LogP contribution in [0.1, 0.15) is 51.7 Å². The van der Waals surface area contributed by atoms with Crippen LogP contribution in [-0.2, 0) is 11.2 Å². The first kappa shape index (κ1) is 23.8. The van der Waals surface area contributed by atoms with Gasteiger partial charge in [-0.2, -0.15) is 0 Å². The number of hydrogen-bond donors (Lipinski definition) is 3. The van der Waals surface area contributed by atoms with Gasteiger partial charge in [-0.25, -0.2) is 0 Å². The molecule has 0 radical (unpaired) electrons. The van der Waals surface area contributed by atoms with Crippen LogP contribution in [0.5, 0.6) is 0 Å². The van der Waals surface area contributed by atoms with E-state index in [1.54, 1.807) is 13.3 Å². The average Bonchev–Trinajstić information content (AvgIpc) is 3.17. The molecule has 1 aliphatic rings. The van der Waals surface area contributed by atoms with Gasteiger partial charge in [0.2, 0.25) is 5.91 Å². The van der Waals surface area contributed by atoms with Crippen molar-refractivity contribution in [2.24, 2.45) is 16.3 Å². The lowest BCUT2D eigenvalue weighted by Crippen LogP contribution is -2.43. The monoisotopic (exact) mass is 490 g/mol. The molecule has 1 fully saturated rings. The fourth-order valence-corrected chi connectivity index (χ4v) is 3.25. The van der Waals surface area contributed by atoms with Gasteiger partial charge in [0.1, 0.15) is 5.76 Å². The molecule has 1 heterocycles. The predicted octanol–water partition coefficient (Wildman–Crippen LogP) is 3.33. The molecule has 7 heteroatoms. The maximum Gasteiger partial charge on any atom is 0.227 e. The van der Waals surface area contributed by atoms with E-state index < -0.39 is 5.41 Å². The van der Waals surface area contributed by atoms with Crippen LogP contribution in [0.4, 0.5) is 0 Å². The van der Waals surface area contributed by atoms with E-state index in [1.807, 2.05) is 26.0 Å². The van der Waals surface area contributed by atoms with Gasteiger partial charge in [0.05, 0.1) is 18.2 Å². The van der Waals surface area contributed by atoms with Crippen LogP contribution in [0.3, 0.4) is 0 Å². The summed E-state index contributed by atoms with van der Waals surface area (Å²) >= 11 is 0. The fourth-order valence-electron chi connectivity index (χ4n) is 3.25. The van der Waals surface area contributed by atoms with E-state index in [2.05, 4.69) is 20.9 Å². The molecule has 3 N–H and O–H groups in total. The van der Waals surface area contributed by atoms with E-state index in [0.29, 0.717) is 12.5 Å². The minimum Gasteiger partial charge on any atom is -0.469 e. The van der Waals surface area contributed by atoms with Crippen LogP contribution in [0, 0.1) is 11.3 Å². The molecule has 1 aromatic rings. The molecule has 1 aromatic heterocycles. The van der Waals surface area contributed by atoms with Crippen molar-refractivity contribution in [3.63, 3.8) is 0 Å². The highest BCUT2D eigenvalue weighted by molar-refractivity contribution is 14.0. The van der Waals surface area contributed by atoms with Crippen LogP contribution in [0.25, 0.3) is 0 Å². The maximum absolute atomic E-state index is 12.0. The number of guanidine groups is 1. The van der Waals surface area contributed by atoms with E-state index in [0.717, 1.165) is 31.2 Å². The molecule has 0 aliphatic heterocycles. The number of aliphatic imine (C=N–C) groups is 1. The second kappa shape index (κ2) is 12.3. The maximum atomic E-state index is 12.0. The number of nitrogens with zero attached hydrogens (tertiary/aromatic N) is 1. The molecule has 0 atom stereocenters. The van der Waals surface area contributed by atoms with Gasteiger partial charge in [0.15, 0.2) is 5.96 Å². The number of halogens is 1. The minimum atomic E-state index is -0.533. The van der Waals surface area contributed by atoms with Gasteiger partial charge in [0.25, 0.3) is 0 Å². The van der Waals surface area contributed by atoms with Crippen molar-refractivity contribution in [2.45, 2.75) is 52.4 Å². The summed E-state index contributed by atoms with van der Waals surface area (Å²) in [6, 6.07) is 3.88. The molecule has 6 nitrogen and oxygen atoms in total. The average molecular weight is 490 g/mol. The number of nitrogens with one attached hydrogen (secondary N) is 3.